The molecule has 1 heterocycles. The van der Waals surface area contributed by atoms with Crippen LogP contribution in [0.1, 0.15) is 57.5 Å². The first-order valence-corrected chi connectivity index (χ1v) is 13.0. The summed E-state index contributed by atoms with van der Waals surface area (Å²) in [5.41, 5.74) is 1.51. The lowest BCUT2D eigenvalue weighted by atomic mass is 9.49. The minimum Gasteiger partial charge on any atom is -0.495 e. The lowest BCUT2D eigenvalue weighted by Gasteiger charge is -2.63. The van der Waals surface area contributed by atoms with Gasteiger partial charge in [0.15, 0.2) is 0 Å². The van der Waals surface area contributed by atoms with Crippen LogP contribution in [0.25, 0.3) is 0 Å². The fourth-order valence-electron chi connectivity index (χ4n) is 6.57. The molecule has 2 fully saturated rings. The van der Waals surface area contributed by atoms with E-state index >= 15 is 0 Å². The number of anilines is 1. The summed E-state index contributed by atoms with van der Waals surface area (Å²) < 4.78 is 11.7. The lowest BCUT2D eigenvalue weighted by Crippen LogP contribution is -2.74. The maximum atomic E-state index is 13.2. The van der Waals surface area contributed by atoms with Crippen molar-refractivity contribution in [2.75, 3.05) is 25.1 Å². The van der Waals surface area contributed by atoms with Crippen molar-refractivity contribution in [2.45, 2.75) is 59.8 Å². The van der Waals surface area contributed by atoms with E-state index < -0.39 is 0 Å². The van der Waals surface area contributed by atoms with Crippen LogP contribution in [-0.2, 0) is 0 Å². The minimum absolute atomic E-state index is 0.0947. The van der Waals surface area contributed by atoms with Crippen LogP contribution in [-0.4, -0.2) is 49.5 Å². The lowest BCUT2D eigenvalue weighted by molar-refractivity contribution is -0.164. The molecule has 2 aromatic rings. The molecule has 1 aliphatic carbocycles. The average molecular weight is 506 g/mol. The van der Waals surface area contributed by atoms with Crippen molar-refractivity contribution in [2.24, 2.45) is 22.7 Å². The first kappa shape index (κ1) is 26.8. The number of nitriles is 1. The largest absolute Gasteiger partial charge is 0.495 e. The van der Waals surface area contributed by atoms with Gasteiger partial charge < -0.3 is 24.8 Å². The molecule has 2 N–H and O–H groups in total. The van der Waals surface area contributed by atoms with Crippen LogP contribution >= 0.6 is 0 Å². The van der Waals surface area contributed by atoms with Crippen molar-refractivity contribution in [1.29, 1.82) is 5.26 Å². The van der Waals surface area contributed by atoms with Crippen molar-refractivity contribution < 1.29 is 19.4 Å². The third-order valence-corrected chi connectivity index (χ3v) is 8.34. The molecule has 0 spiro atoms. The summed E-state index contributed by atoms with van der Waals surface area (Å²) in [7, 11) is 1.53. The maximum absolute atomic E-state index is 13.2. The van der Waals surface area contributed by atoms with Crippen LogP contribution in [0, 0.1) is 34.0 Å². The Labute approximate surface area is 220 Å². The second-order valence-electron chi connectivity index (χ2n) is 11.9. The molecular weight excluding hydrogens is 466 g/mol. The van der Waals surface area contributed by atoms with E-state index in [0.29, 0.717) is 22.6 Å². The van der Waals surface area contributed by atoms with Crippen molar-refractivity contribution in [3.05, 3.63) is 53.6 Å². The predicted molar refractivity (Wildman–Crippen MR) is 144 cm³/mol. The highest BCUT2D eigenvalue weighted by Gasteiger charge is 2.64. The number of aliphatic hydroxyl groups excluding tert-OH is 1. The highest BCUT2D eigenvalue weighted by molar-refractivity contribution is 5.95. The first-order chi connectivity index (χ1) is 17.4. The summed E-state index contributed by atoms with van der Waals surface area (Å²) in [4.78, 5) is 15.5. The number of hydrogen-bond donors (Lipinski definition) is 2. The second kappa shape index (κ2) is 9.90. The first-order valence-electron chi connectivity index (χ1n) is 13.0. The summed E-state index contributed by atoms with van der Waals surface area (Å²) in [5.74, 6) is 1.42. The number of nitrogens with zero attached hydrogens (tertiary/aromatic N) is 2. The third kappa shape index (κ3) is 4.87. The zero-order chi connectivity index (χ0) is 27.1. The molecule has 7 heteroatoms. The Kier molecular flexibility index (Phi) is 7.18. The van der Waals surface area contributed by atoms with Crippen molar-refractivity contribution in [3.63, 3.8) is 0 Å². The van der Waals surface area contributed by atoms with E-state index in [4.69, 9.17) is 9.47 Å². The monoisotopic (exact) mass is 505 g/mol. The molecule has 0 aromatic heterocycles. The van der Waals surface area contributed by atoms with Crippen LogP contribution in [0.2, 0.25) is 0 Å². The van der Waals surface area contributed by atoms with Crippen molar-refractivity contribution in [1.82, 2.24) is 5.32 Å². The Hall–Kier alpha value is -3.24. The highest BCUT2D eigenvalue weighted by atomic mass is 16.5. The van der Waals surface area contributed by atoms with Gasteiger partial charge in [-0.15, -0.1) is 0 Å². The van der Waals surface area contributed by atoms with Crippen molar-refractivity contribution in [3.8, 4) is 17.6 Å². The van der Waals surface area contributed by atoms with Crippen LogP contribution < -0.4 is 19.7 Å². The van der Waals surface area contributed by atoms with Gasteiger partial charge in [-0.25, -0.2) is 0 Å². The summed E-state index contributed by atoms with van der Waals surface area (Å²) in [5, 5.41) is 22.8. The number of nitrogens with one attached hydrogen (secondary N) is 1. The third-order valence-electron chi connectivity index (χ3n) is 8.34. The van der Waals surface area contributed by atoms with Gasteiger partial charge in [-0.2, -0.15) is 5.26 Å². The number of hydrogen-bond acceptors (Lipinski definition) is 6. The minimum atomic E-state index is -0.318. The molecule has 1 amide bonds. The molecule has 1 unspecified atom stereocenters. The maximum Gasteiger partial charge on any atom is 0.251 e. The van der Waals surface area contributed by atoms with Crippen LogP contribution in [0.4, 0.5) is 5.69 Å². The summed E-state index contributed by atoms with van der Waals surface area (Å²) >= 11 is 0. The standard InChI is InChI=1S/C30H39N3O4/c1-18-16-33(17-19(2)25(18)34)22-11-8-20(9-12-22)26(35)32-27-29(3,4)28(30(27,5)6)37-23-13-10-21(15-31)24(14-23)36-7/h8-14,18-19,25,27-28,34H,16-17H2,1-7H3,(H,32,35)/t18-,19+,25?,27?,28?. The van der Waals surface area contributed by atoms with Gasteiger partial charge in [0.2, 0.25) is 0 Å². The molecule has 0 radical (unpaired) electrons. The van der Waals surface area contributed by atoms with Crippen molar-refractivity contribution >= 4 is 11.6 Å². The molecule has 37 heavy (non-hydrogen) atoms. The van der Waals surface area contributed by atoms with Crippen LogP contribution in [0.5, 0.6) is 11.5 Å². The molecule has 0 bridgehead atoms. The summed E-state index contributed by atoms with van der Waals surface area (Å²) in [6.45, 7) is 14.2. The Morgan fingerprint density at radius 1 is 1.05 bits per heavy atom. The molecule has 1 saturated heterocycles. The van der Waals surface area contributed by atoms with E-state index in [9.17, 15) is 15.2 Å². The average Bonchev–Trinajstić information content (AvgIpc) is 2.88. The normalized spacial score (nSPS) is 28.0. The molecule has 198 valence electrons. The zero-order valence-electron chi connectivity index (χ0n) is 22.9. The topological polar surface area (TPSA) is 94.8 Å². The number of rotatable bonds is 6. The van der Waals surface area contributed by atoms with Gasteiger partial charge in [-0.05, 0) is 48.2 Å². The van der Waals surface area contributed by atoms with Gasteiger partial charge in [0.1, 0.15) is 23.7 Å². The SMILES string of the molecule is COc1cc(OC2C(C)(C)C(NC(=O)c3ccc(N4C[C@@H](C)C(O)[C@@H](C)C4)cc3)C2(C)C)ccc1C#N. The van der Waals surface area contributed by atoms with Gasteiger partial charge in [-0.1, -0.05) is 41.5 Å². The molecule has 1 aliphatic heterocycles. The number of piperidine rings is 1. The van der Waals surface area contributed by atoms with E-state index in [1.54, 1.807) is 18.2 Å². The predicted octanol–water partition coefficient (Wildman–Crippen LogP) is 4.63. The summed E-state index contributed by atoms with van der Waals surface area (Å²) in [6.07, 6.45) is -0.425. The number of benzene rings is 2. The fraction of sp³-hybridized carbons (Fsp3) is 0.533. The van der Waals surface area contributed by atoms with Gasteiger partial charge in [0.05, 0.1) is 18.8 Å². The van der Waals surface area contributed by atoms with Gasteiger partial charge >= 0.3 is 0 Å². The van der Waals surface area contributed by atoms with E-state index in [0.717, 1.165) is 18.8 Å². The molecule has 1 saturated carbocycles. The van der Waals surface area contributed by atoms with Gasteiger partial charge in [0, 0.05) is 47.3 Å². The molecule has 2 aromatic carbocycles. The molecule has 4 rings (SSSR count). The molecule has 2 aliphatic rings. The van der Waals surface area contributed by atoms with Crippen LogP contribution in [0.15, 0.2) is 42.5 Å². The number of aliphatic hydroxyl groups is 1. The number of carbonyl (C=O) groups is 1. The number of carbonyl (C=O) groups excluding carboxylic acids is 1. The Bertz CT molecular complexity index is 1160. The van der Waals surface area contributed by atoms with E-state index in [2.05, 4.69) is 57.8 Å². The molecular formula is C30H39N3O4. The van der Waals surface area contributed by atoms with Crippen LogP contribution in [0.3, 0.4) is 0 Å². The quantitative estimate of drug-likeness (QED) is 0.594. The molecule has 7 nitrogen and oxygen atoms in total. The zero-order valence-corrected chi connectivity index (χ0v) is 22.9. The summed E-state index contributed by atoms with van der Waals surface area (Å²) in [6, 6.07) is 15.0. The van der Waals surface area contributed by atoms with Gasteiger partial charge in [-0.3, -0.25) is 4.79 Å². The Morgan fingerprint density at radius 2 is 1.65 bits per heavy atom. The molecule has 3 atom stereocenters. The number of amides is 1. The van der Waals surface area contributed by atoms with E-state index in [1.165, 1.54) is 7.11 Å². The van der Waals surface area contributed by atoms with E-state index in [1.807, 2.05) is 24.3 Å². The van der Waals surface area contributed by atoms with Gasteiger partial charge in [0.25, 0.3) is 5.91 Å². The Balaban J connectivity index is 1.43. The highest BCUT2D eigenvalue weighted by Crippen LogP contribution is 2.55. The smallest absolute Gasteiger partial charge is 0.251 e. The van der Waals surface area contributed by atoms with E-state index in [-0.39, 0.29) is 46.8 Å². The fourth-order valence-corrected chi connectivity index (χ4v) is 6.57. The second-order valence-corrected chi connectivity index (χ2v) is 11.9. The number of ether oxygens (including phenoxy) is 2. The Morgan fingerprint density at radius 3 is 2.19 bits per heavy atom. The number of methoxy groups -OCH3 is 1.